The minimum atomic E-state index is 0.784. The Morgan fingerprint density at radius 3 is 2.74 bits per heavy atom. The first-order valence-corrected chi connectivity index (χ1v) is 7.20. The van der Waals surface area contributed by atoms with Crippen LogP contribution in [0.2, 0.25) is 0 Å². The minimum absolute atomic E-state index is 0.784. The molecule has 0 saturated heterocycles. The first-order valence-electron chi connectivity index (χ1n) is 7.20. The van der Waals surface area contributed by atoms with E-state index in [0.29, 0.717) is 0 Å². The summed E-state index contributed by atoms with van der Waals surface area (Å²) in [4.78, 5) is 6.95. The molecule has 19 heavy (non-hydrogen) atoms. The number of likely N-dealkylation sites (N-methyl/N-ethyl adjacent to an activating group) is 1. The molecule has 0 atom stereocenters. The number of ether oxygens (including phenoxy) is 1. The van der Waals surface area contributed by atoms with Crippen molar-refractivity contribution in [3.8, 4) is 0 Å². The molecule has 5 heteroatoms. The van der Waals surface area contributed by atoms with Gasteiger partial charge in [0.1, 0.15) is 0 Å². The SMILES string of the molecule is CCN(CC)CCn1cc(C)nc1NCCCOC. The zero-order chi connectivity index (χ0) is 14.1. The first-order chi connectivity index (χ1) is 9.21. The fourth-order valence-electron chi connectivity index (χ4n) is 2.06. The summed E-state index contributed by atoms with van der Waals surface area (Å²) in [5, 5.41) is 3.38. The third-order valence-electron chi connectivity index (χ3n) is 3.26. The van der Waals surface area contributed by atoms with Crippen LogP contribution in [0.25, 0.3) is 0 Å². The standard InChI is InChI=1S/C14H28N4O/c1-5-17(6-2)9-10-18-12-13(3)16-14(18)15-8-7-11-19-4/h12H,5-11H2,1-4H3,(H,15,16). The zero-order valence-electron chi connectivity index (χ0n) is 12.8. The van der Waals surface area contributed by atoms with Gasteiger partial charge in [-0.25, -0.2) is 4.98 Å². The van der Waals surface area contributed by atoms with Gasteiger partial charge in [-0.1, -0.05) is 13.8 Å². The maximum absolute atomic E-state index is 5.05. The highest BCUT2D eigenvalue weighted by Gasteiger charge is 2.06. The molecule has 5 nitrogen and oxygen atoms in total. The summed E-state index contributed by atoms with van der Waals surface area (Å²) in [6, 6.07) is 0. The number of hydrogen-bond donors (Lipinski definition) is 1. The van der Waals surface area contributed by atoms with Gasteiger partial charge in [0.2, 0.25) is 5.95 Å². The summed E-state index contributed by atoms with van der Waals surface area (Å²) in [7, 11) is 1.73. The largest absolute Gasteiger partial charge is 0.385 e. The summed E-state index contributed by atoms with van der Waals surface area (Å²) in [6.45, 7) is 12.4. The van der Waals surface area contributed by atoms with Crippen molar-refractivity contribution in [3.05, 3.63) is 11.9 Å². The molecule has 0 aromatic carbocycles. The van der Waals surface area contributed by atoms with Gasteiger partial charge in [0.05, 0.1) is 5.69 Å². The number of aryl methyl sites for hydroxylation is 1. The van der Waals surface area contributed by atoms with E-state index in [1.54, 1.807) is 7.11 Å². The second-order valence-electron chi connectivity index (χ2n) is 4.70. The van der Waals surface area contributed by atoms with Gasteiger partial charge in [-0.3, -0.25) is 0 Å². The number of anilines is 1. The molecule has 0 amide bonds. The lowest BCUT2D eigenvalue weighted by molar-refractivity contribution is 0.197. The van der Waals surface area contributed by atoms with Crippen molar-refractivity contribution in [2.45, 2.75) is 33.7 Å². The predicted molar refractivity (Wildman–Crippen MR) is 79.7 cm³/mol. The minimum Gasteiger partial charge on any atom is -0.385 e. The first kappa shape index (κ1) is 16.0. The van der Waals surface area contributed by atoms with Crippen molar-refractivity contribution in [2.24, 2.45) is 0 Å². The van der Waals surface area contributed by atoms with Crippen molar-refractivity contribution in [2.75, 3.05) is 45.2 Å². The maximum atomic E-state index is 5.05. The molecule has 110 valence electrons. The van der Waals surface area contributed by atoms with Crippen molar-refractivity contribution in [1.29, 1.82) is 0 Å². The summed E-state index contributed by atoms with van der Waals surface area (Å²) in [6.07, 6.45) is 3.11. The fraction of sp³-hybridized carbons (Fsp3) is 0.786. The molecule has 1 N–H and O–H groups in total. The second-order valence-corrected chi connectivity index (χ2v) is 4.70. The molecular formula is C14H28N4O. The number of hydrogen-bond acceptors (Lipinski definition) is 4. The quantitative estimate of drug-likeness (QED) is 0.659. The van der Waals surface area contributed by atoms with E-state index in [9.17, 15) is 0 Å². The highest BCUT2D eigenvalue weighted by molar-refractivity contribution is 5.28. The molecule has 1 aromatic rings. The predicted octanol–water partition coefficient (Wildman–Crippen LogP) is 1.98. The fourth-order valence-corrected chi connectivity index (χ4v) is 2.06. The molecule has 0 radical (unpaired) electrons. The number of imidazole rings is 1. The van der Waals surface area contributed by atoms with Crippen molar-refractivity contribution >= 4 is 5.95 Å². The van der Waals surface area contributed by atoms with E-state index in [0.717, 1.165) is 57.4 Å². The van der Waals surface area contributed by atoms with Gasteiger partial charge in [0.15, 0.2) is 0 Å². The average molecular weight is 268 g/mol. The van der Waals surface area contributed by atoms with Crippen LogP contribution in [0.3, 0.4) is 0 Å². The highest BCUT2D eigenvalue weighted by atomic mass is 16.5. The van der Waals surface area contributed by atoms with E-state index in [1.165, 1.54) is 0 Å². The van der Waals surface area contributed by atoms with Gasteiger partial charge in [-0.2, -0.15) is 0 Å². The van der Waals surface area contributed by atoms with E-state index in [1.807, 2.05) is 6.92 Å². The summed E-state index contributed by atoms with van der Waals surface area (Å²) in [5.41, 5.74) is 1.06. The third-order valence-corrected chi connectivity index (χ3v) is 3.26. The third kappa shape index (κ3) is 5.61. The Balaban J connectivity index is 2.47. The summed E-state index contributed by atoms with van der Waals surface area (Å²) in [5.74, 6) is 0.973. The van der Waals surface area contributed by atoms with Crippen LogP contribution in [-0.2, 0) is 11.3 Å². The van der Waals surface area contributed by atoms with E-state index >= 15 is 0 Å². The normalized spacial score (nSPS) is 11.2. The van der Waals surface area contributed by atoms with Crippen LogP contribution in [-0.4, -0.2) is 54.3 Å². The topological polar surface area (TPSA) is 42.3 Å². The number of aromatic nitrogens is 2. The number of methoxy groups -OCH3 is 1. The van der Waals surface area contributed by atoms with Gasteiger partial charge in [-0.05, 0) is 26.4 Å². The summed E-state index contributed by atoms with van der Waals surface area (Å²) >= 11 is 0. The van der Waals surface area contributed by atoms with Crippen LogP contribution in [0.4, 0.5) is 5.95 Å². The molecule has 0 aliphatic rings. The van der Waals surface area contributed by atoms with Crippen LogP contribution < -0.4 is 5.32 Å². The Hall–Kier alpha value is -1.07. The Kier molecular flexibility index (Phi) is 7.52. The number of rotatable bonds is 10. The monoisotopic (exact) mass is 268 g/mol. The molecule has 0 spiro atoms. The van der Waals surface area contributed by atoms with Crippen molar-refractivity contribution in [1.82, 2.24) is 14.5 Å². The molecule has 0 fully saturated rings. The molecule has 0 bridgehead atoms. The highest BCUT2D eigenvalue weighted by Crippen LogP contribution is 2.08. The van der Waals surface area contributed by atoms with E-state index < -0.39 is 0 Å². The van der Waals surface area contributed by atoms with Gasteiger partial charge in [0, 0.05) is 39.5 Å². The molecular weight excluding hydrogens is 240 g/mol. The van der Waals surface area contributed by atoms with Gasteiger partial charge in [0.25, 0.3) is 0 Å². The lowest BCUT2D eigenvalue weighted by Gasteiger charge is -2.19. The lowest BCUT2D eigenvalue weighted by atomic mass is 10.4. The van der Waals surface area contributed by atoms with Crippen LogP contribution >= 0.6 is 0 Å². The average Bonchev–Trinajstić information content (AvgIpc) is 2.76. The number of nitrogens with zero attached hydrogens (tertiary/aromatic N) is 3. The zero-order valence-corrected chi connectivity index (χ0v) is 12.8. The van der Waals surface area contributed by atoms with E-state index in [-0.39, 0.29) is 0 Å². The molecule has 1 heterocycles. The Morgan fingerprint density at radius 1 is 1.37 bits per heavy atom. The van der Waals surface area contributed by atoms with Crippen molar-refractivity contribution in [3.63, 3.8) is 0 Å². The molecule has 1 rings (SSSR count). The van der Waals surface area contributed by atoms with Crippen LogP contribution in [0.1, 0.15) is 26.0 Å². The maximum Gasteiger partial charge on any atom is 0.203 e. The second kappa shape index (κ2) is 8.93. The lowest BCUT2D eigenvalue weighted by Crippen LogP contribution is -2.27. The smallest absolute Gasteiger partial charge is 0.203 e. The van der Waals surface area contributed by atoms with Gasteiger partial charge < -0.3 is 19.5 Å². The van der Waals surface area contributed by atoms with Gasteiger partial charge in [-0.15, -0.1) is 0 Å². The molecule has 0 aliphatic carbocycles. The van der Waals surface area contributed by atoms with Crippen LogP contribution in [0.15, 0.2) is 6.20 Å². The van der Waals surface area contributed by atoms with E-state index in [2.05, 4.69) is 39.8 Å². The molecule has 0 saturated carbocycles. The molecule has 0 aliphatic heterocycles. The number of nitrogens with one attached hydrogen (secondary N) is 1. The molecule has 1 aromatic heterocycles. The Labute approximate surface area is 117 Å². The molecule has 0 unspecified atom stereocenters. The van der Waals surface area contributed by atoms with Crippen molar-refractivity contribution < 1.29 is 4.74 Å². The van der Waals surface area contributed by atoms with Crippen LogP contribution in [0.5, 0.6) is 0 Å². The summed E-state index contributed by atoms with van der Waals surface area (Å²) < 4.78 is 7.26. The Bertz CT molecular complexity index is 347. The Morgan fingerprint density at radius 2 is 2.11 bits per heavy atom. The van der Waals surface area contributed by atoms with Gasteiger partial charge >= 0.3 is 0 Å². The van der Waals surface area contributed by atoms with Crippen LogP contribution in [0, 0.1) is 6.92 Å². The van der Waals surface area contributed by atoms with E-state index in [4.69, 9.17) is 4.74 Å².